The number of piperidine rings is 1. The number of fused-ring (bicyclic) bond motifs is 1. The average Bonchev–Trinajstić information content (AvgIpc) is 2.89. The lowest BCUT2D eigenvalue weighted by Crippen LogP contribution is -2.40. The maximum absolute atomic E-state index is 13.0. The van der Waals surface area contributed by atoms with E-state index in [-0.39, 0.29) is 6.03 Å². The standard InChI is InChI=1S/C26H29N5O3/c1-33-22-12-6-7-13-23(22)34-24-20-18-31(26(32)27-19-10-4-2-5-11-19)17-14-21(20)28-25(29-24)30-15-8-3-9-16-30/h2,4-7,10-13H,3,8-9,14-18H2,1H3,(H,27,32). The van der Waals surface area contributed by atoms with Crippen LogP contribution in [-0.2, 0) is 13.0 Å². The lowest BCUT2D eigenvalue weighted by Gasteiger charge is -2.32. The van der Waals surface area contributed by atoms with E-state index >= 15 is 0 Å². The first-order valence-electron chi connectivity index (χ1n) is 11.8. The number of nitrogens with zero attached hydrogens (tertiary/aromatic N) is 4. The first-order valence-corrected chi connectivity index (χ1v) is 11.8. The van der Waals surface area contributed by atoms with Crippen molar-refractivity contribution < 1.29 is 14.3 Å². The number of carbonyl (C=O) groups is 1. The summed E-state index contributed by atoms with van der Waals surface area (Å²) in [4.78, 5) is 26.7. The Morgan fingerprint density at radius 3 is 2.41 bits per heavy atom. The summed E-state index contributed by atoms with van der Waals surface area (Å²) in [7, 11) is 1.62. The molecule has 2 aliphatic heterocycles. The zero-order valence-corrected chi connectivity index (χ0v) is 19.4. The number of rotatable bonds is 5. The van der Waals surface area contributed by atoms with Crippen molar-refractivity contribution >= 4 is 17.7 Å². The van der Waals surface area contributed by atoms with Gasteiger partial charge in [-0.05, 0) is 43.5 Å². The number of benzene rings is 2. The van der Waals surface area contributed by atoms with Crippen LogP contribution in [0, 0.1) is 0 Å². The Kier molecular flexibility index (Phi) is 6.46. The van der Waals surface area contributed by atoms with Crippen LogP contribution in [0.25, 0.3) is 0 Å². The number of hydrogen-bond acceptors (Lipinski definition) is 6. The molecule has 5 rings (SSSR count). The van der Waals surface area contributed by atoms with Crippen LogP contribution in [0.2, 0.25) is 0 Å². The molecule has 8 nitrogen and oxygen atoms in total. The van der Waals surface area contributed by atoms with Crippen LogP contribution >= 0.6 is 0 Å². The van der Waals surface area contributed by atoms with E-state index in [1.807, 2.05) is 54.6 Å². The third kappa shape index (κ3) is 4.76. The van der Waals surface area contributed by atoms with Crippen LogP contribution in [0.5, 0.6) is 17.4 Å². The number of anilines is 2. The van der Waals surface area contributed by atoms with Crippen molar-refractivity contribution in [3.8, 4) is 17.4 Å². The van der Waals surface area contributed by atoms with Crippen LogP contribution in [-0.4, -0.2) is 47.6 Å². The van der Waals surface area contributed by atoms with Crippen molar-refractivity contribution in [2.75, 3.05) is 37.0 Å². The van der Waals surface area contributed by atoms with Crippen molar-refractivity contribution in [3.05, 3.63) is 65.9 Å². The van der Waals surface area contributed by atoms with Gasteiger partial charge in [-0.2, -0.15) is 4.98 Å². The van der Waals surface area contributed by atoms with E-state index in [0.29, 0.717) is 42.8 Å². The van der Waals surface area contributed by atoms with Gasteiger partial charge in [0.15, 0.2) is 11.5 Å². The summed E-state index contributed by atoms with van der Waals surface area (Å²) in [5.74, 6) is 2.39. The normalized spacial score (nSPS) is 15.4. The molecular weight excluding hydrogens is 430 g/mol. The van der Waals surface area contributed by atoms with Crippen LogP contribution in [0.15, 0.2) is 54.6 Å². The molecule has 3 aromatic rings. The van der Waals surface area contributed by atoms with E-state index < -0.39 is 0 Å². The molecular formula is C26H29N5O3. The fraction of sp³-hybridized carbons (Fsp3) is 0.346. The molecule has 0 bridgehead atoms. The Hall–Kier alpha value is -3.81. The average molecular weight is 460 g/mol. The van der Waals surface area contributed by atoms with Gasteiger partial charge in [-0.3, -0.25) is 0 Å². The van der Waals surface area contributed by atoms with Crippen molar-refractivity contribution in [3.63, 3.8) is 0 Å². The Morgan fingerprint density at radius 2 is 1.65 bits per heavy atom. The quantitative estimate of drug-likeness (QED) is 0.587. The SMILES string of the molecule is COc1ccccc1Oc1nc(N2CCCCC2)nc2c1CN(C(=O)Nc1ccccc1)CC2. The fourth-order valence-corrected chi connectivity index (χ4v) is 4.40. The second-order valence-electron chi connectivity index (χ2n) is 8.52. The lowest BCUT2D eigenvalue weighted by atomic mass is 10.1. The van der Waals surface area contributed by atoms with Gasteiger partial charge < -0.3 is 24.6 Å². The summed E-state index contributed by atoms with van der Waals surface area (Å²) in [5.41, 5.74) is 2.53. The molecule has 34 heavy (non-hydrogen) atoms. The molecule has 0 radical (unpaired) electrons. The predicted octanol–water partition coefficient (Wildman–Crippen LogP) is 4.86. The highest BCUT2D eigenvalue weighted by molar-refractivity contribution is 5.89. The van der Waals surface area contributed by atoms with Crippen LogP contribution in [0.1, 0.15) is 30.5 Å². The minimum Gasteiger partial charge on any atom is -0.493 e. The molecule has 0 spiro atoms. The second-order valence-corrected chi connectivity index (χ2v) is 8.52. The van der Waals surface area contributed by atoms with Crippen molar-refractivity contribution in [1.82, 2.24) is 14.9 Å². The number of aromatic nitrogens is 2. The van der Waals surface area contributed by atoms with E-state index in [1.54, 1.807) is 12.0 Å². The lowest BCUT2D eigenvalue weighted by molar-refractivity contribution is 0.205. The first kappa shape index (κ1) is 22.0. The molecule has 0 saturated carbocycles. The van der Waals surface area contributed by atoms with Crippen molar-refractivity contribution in [1.29, 1.82) is 0 Å². The number of methoxy groups -OCH3 is 1. The van der Waals surface area contributed by atoms with Gasteiger partial charge in [-0.25, -0.2) is 9.78 Å². The Morgan fingerprint density at radius 1 is 0.912 bits per heavy atom. The molecule has 176 valence electrons. The van der Waals surface area contributed by atoms with Gasteiger partial charge in [0.1, 0.15) is 0 Å². The Balaban J connectivity index is 1.45. The molecule has 1 fully saturated rings. The smallest absolute Gasteiger partial charge is 0.322 e. The highest BCUT2D eigenvalue weighted by Crippen LogP contribution is 2.35. The zero-order valence-electron chi connectivity index (χ0n) is 19.4. The van der Waals surface area contributed by atoms with Gasteiger partial charge in [0, 0.05) is 31.7 Å². The van der Waals surface area contributed by atoms with Gasteiger partial charge in [0.05, 0.1) is 24.9 Å². The molecule has 3 heterocycles. The minimum atomic E-state index is -0.153. The van der Waals surface area contributed by atoms with Crippen LogP contribution in [0.4, 0.5) is 16.4 Å². The summed E-state index contributed by atoms with van der Waals surface area (Å²) < 4.78 is 11.8. The molecule has 0 atom stereocenters. The molecule has 2 aromatic carbocycles. The number of nitrogens with one attached hydrogen (secondary N) is 1. The van der Waals surface area contributed by atoms with E-state index in [4.69, 9.17) is 19.4 Å². The third-order valence-corrected chi connectivity index (χ3v) is 6.24. The topological polar surface area (TPSA) is 79.8 Å². The summed E-state index contributed by atoms with van der Waals surface area (Å²) >= 11 is 0. The fourth-order valence-electron chi connectivity index (χ4n) is 4.40. The van der Waals surface area contributed by atoms with E-state index in [2.05, 4.69) is 10.2 Å². The third-order valence-electron chi connectivity index (χ3n) is 6.24. The molecule has 8 heteroatoms. The summed E-state index contributed by atoms with van der Waals surface area (Å²) in [6.07, 6.45) is 4.15. The molecule has 1 N–H and O–H groups in total. The van der Waals surface area contributed by atoms with Crippen LogP contribution in [0.3, 0.4) is 0 Å². The minimum absolute atomic E-state index is 0.153. The monoisotopic (exact) mass is 459 g/mol. The first-order chi connectivity index (χ1) is 16.7. The highest BCUT2D eigenvalue weighted by atomic mass is 16.5. The number of amides is 2. The van der Waals surface area contributed by atoms with Gasteiger partial charge in [-0.1, -0.05) is 30.3 Å². The second kappa shape index (κ2) is 9.99. The van der Waals surface area contributed by atoms with E-state index in [0.717, 1.165) is 42.9 Å². The van der Waals surface area contributed by atoms with Gasteiger partial charge in [0.2, 0.25) is 11.8 Å². The predicted molar refractivity (Wildman–Crippen MR) is 131 cm³/mol. The molecule has 2 aliphatic rings. The number of hydrogen-bond donors (Lipinski definition) is 1. The molecule has 1 aromatic heterocycles. The number of para-hydroxylation sites is 3. The number of carbonyl (C=O) groups excluding carboxylic acids is 1. The summed E-state index contributed by atoms with van der Waals surface area (Å²) in [6, 6.07) is 16.8. The molecule has 2 amide bonds. The maximum Gasteiger partial charge on any atom is 0.322 e. The highest BCUT2D eigenvalue weighted by Gasteiger charge is 2.28. The summed E-state index contributed by atoms with van der Waals surface area (Å²) in [5, 5.41) is 2.97. The Bertz CT molecular complexity index is 1150. The van der Waals surface area contributed by atoms with Crippen molar-refractivity contribution in [2.45, 2.75) is 32.2 Å². The molecule has 0 unspecified atom stereocenters. The zero-order chi connectivity index (χ0) is 23.3. The maximum atomic E-state index is 13.0. The number of ether oxygens (including phenoxy) is 2. The molecule has 1 saturated heterocycles. The van der Waals surface area contributed by atoms with Gasteiger partial charge >= 0.3 is 6.03 Å². The largest absolute Gasteiger partial charge is 0.493 e. The summed E-state index contributed by atoms with van der Waals surface area (Å²) in [6.45, 7) is 2.84. The van der Waals surface area contributed by atoms with E-state index in [9.17, 15) is 4.79 Å². The van der Waals surface area contributed by atoms with Crippen molar-refractivity contribution in [2.24, 2.45) is 0 Å². The van der Waals surface area contributed by atoms with Gasteiger partial charge in [-0.15, -0.1) is 0 Å². The van der Waals surface area contributed by atoms with Crippen LogP contribution < -0.4 is 19.7 Å². The van der Waals surface area contributed by atoms with E-state index in [1.165, 1.54) is 6.42 Å². The Labute approximate surface area is 199 Å². The number of urea groups is 1. The molecule has 0 aliphatic carbocycles. The van der Waals surface area contributed by atoms with Gasteiger partial charge in [0.25, 0.3) is 0 Å².